The van der Waals surface area contributed by atoms with E-state index in [1.807, 2.05) is 24.3 Å². The van der Waals surface area contributed by atoms with Gasteiger partial charge >= 0.3 is 0 Å². The van der Waals surface area contributed by atoms with E-state index in [1.165, 1.54) is 0 Å². The summed E-state index contributed by atoms with van der Waals surface area (Å²) in [5, 5.41) is 2.86. The highest BCUT2D eigenvalue weighted by Crippen LogP contribution is 2.20. The van der Waals surface area contributed by atoms with E-state index in [2.05, 4.69) is 27.9 Å². The Morgan fingerprint density at radius 2 is 1.71 bits per heavy atom. The van der Waals surface area contributed by atoms with Gasteiger partial charge < -0.3 is 14.8 Å². The minimum absolute atomic E-state index is 0.185. The molecular formula is C16H16INO3. The van der Waals surface area contributed by atoms with Gasteiger partial charge in [0.05, 0.1) is 12.8 Å². The molecule has 2 aromatic carbocycles. The molecule has 2 aromatic rings. The number of benzene rings is 2. The van der Waals surface area contributed by atoms with Crippen molar-refractivity contribution in [2.75, 3.05) is 12.4 Å². The summed E-state index contributed by atoms with van der Waals surface area (Å²) in [5.74, 6) is 1.19. The maximum absolute atomic E-state index is 12.1. The molecule has 1 N–H and O–H groups in total. The molecule has 1 unspecified atom stereocenters. The number of carbonyl (C=O) groups excluding carboxylic acids is 1. The lowest BCUT2D eigenvalue weighted by Gasteiger charge is -2.15. The molecule has 0 aliphatic carbocycles. The first-order valence-corrected chi connectivity index (χ1v) is 7.54. The number of hydrogen-bond donors (Lipinski definition) is 1. The van der Waals surface area contributed by atoms with Crippen LogP contribution in [0.3, 0.4) is 0 Å². The van der Waals surface area contributed by atoms with Crippen molar-refractivity contribution in [1.29, 1.82) is 0 Å². The molecule has 2 rings (SSSR count). The lowest BCUT2D eigenvalue weighted by molar-refractivity contribution is -0.122. The van der Waals surface area contributed by atoms with Gasteiger partial charge in [0.15, 0.2) is 6.10 Å². The molecule has 0 saturated carbocycles. The summed E-state index contributed by atoms with van der Waals surface area (Å²) in [6.45, 7) is 1.72. The Kier molecular flexibility index (Phi) is 5.44. The van der Waals surface area contributed by atoms with Gasteiger partial charge in [0.2, 0.25) is 0 Å². The van der Waals surface area contributed by atoms with Gasteiger partial charge in [-0.3, -0.25) is 4.79 Å². The molecular weight excluding hydrogens is 381 g/mol. The van der Waals surface area contributed by atoms with E-state index < -0.39 is 6.10 Å². The molecule has 0 aliphatic rings. The van der Waals surface area contributed by atoms with Gasteiger partial charge in [-0.1, -0.05) is 12.1 Å². The van der Waals surface area contributed by atoms with Crippen molar-refractivity contribution in [1.82, 2.24) is 0 Å². The van der Waals surface area contributed by atoms with E-state index in [0.717, 1.165) is 15.0 Å². The molecule has 0 spiro atoms. The Morgan fingerprint density at radius 1 is 1.10 bits per heavy atom. The van der Waals surface area contributed by atoms with E-state index in [1.54, 1.807) is 38.3 Å². The van der Waals surface area contributed by atoms with E-state index in [0.29, 0.717) is 5.75 Å². The Hall–Kier alpha value is -1.76. The highest BCUT2D eigenvalue weighted by molar-refractivity contribution is 14.1. The summed E-state index contributed by atoms with van der Waals surface area (Å²) in [5.41, 5.74) is 0.785. The number of amides is 1. The maximum Gasteiger partial charge on any atom is 0.265 e. The van der Waals surface area contributed by atoms with Crippen LogP contribution in [0.25, 0.3) is 0 Å². The highest BCUT2D eigenvalue weighted by Gasteiger charge is 2.15. The van der Waals surface area contributed by atoms with Crippen LogP contribution in [0.1, 0.15) is 6.92 Å². The lowest BCUT2D eigenvalue weighted by Crippen LogP contribution is -2.30. The monoisotopic (exact) mass is 397 g/mol. The molecule has 21 heavy (non-hydrogen) atoms. The third kappa shape index (κ3) is 4.35. The Bertz CT molecular complexity index is 613. The Morgan fingerprint density at radius 3 is 2.33 bits per heavy atom. The first-order chi connectivity index (χ1) is 10.1. The van der Waals surface area contributed by atoms with Crippen molar-refractivity contribution < 1.29 is 14.3 Å². The molecule has 0 bridgehead atoms. The van der Waals surface area contributed by atoms with Crippen LogP contribution in [0, 0.1) is 3.57 Å². The zero-order chi connectivity index (χ0) is 15.2. The summed E-state index contributed by atoms with van der Waals surface area (Å²) >= 11 is 2.18. The number of rotatable bonds is 5. The third-order valence-corrected chi connectivity index (χ3v) is 3.81. The van der Waals surface area contributed by atoms with Crippen molar-refractivity contribution in [3.8, 4) is 11.5 Å². The number of para-hydroxylation sites is 1. The predicted octanol–water partition coefficient (Wildman–Crippen LogP) is 3.71. The molecule has 0 radical (unpaired) electrons. The van der Waals surface area contributed by atoms with E-state index in [-0.39, 0.29) is 5.91 Å². The van der Waals surface area contributed by atoms with Crippen LogP contribution in [0.5, 0.6) is 11.5 Å². The Labute approximate surface area is 137 Å². The second kappa shape index (κ2) is 7.31. The van der Waals surface area contributed by atoms with Gasteiger partial charge in [0, 0.05) is 3.57 Å². The molecule has 0 aromatic heterocycles. The number of halogens is 1. The average Bonchev–Trinajstić information content (AvgIpc) is 2.50. The molecule has 4 nitrogen and oxygen atoms in total. The van der Waals surface area contributed by atoms with Crippen LogP contribution < -0.4 is 14.8 Å². The molecule has 1 amide bonds. The topological polar surface area (TPSA) is 47.6 Å². The van der Waals surface area contributed by atoms with Crippen LogP contribution >= 0.6 is 22.6 Å². The number of nitrogens with one attached hydrogen (secondary N) is 1. The predicted molar refractivity (Wildman–Crippen MR) is 90.9 cm³/mol. The highest BCUT2D eigenvalue weighted by atomic mass is 127. The number of methoxy groups -OCH3 is 1. The number of carbonyl (C=O) groups is 1. The van der Waals surface area contributed by atoms with Crippen LogP contribution in [0.15, 0.2) is 48.5 Å². The minimum atomic E-state index is -0.589. The standard InChI is InChI=1S/C16H16INO3/c1-11(21-13-9-7-12(20-2)8-10-13)16(19)18-15-6-4-3-5-14(15)17/h3-11H,1-2H3,(H,18,19). The molecule has 110 valence electrons. The smallest absolute Gasteiger partial charge is 0.265 e. The largest absolute Gasteiger partial charge is 0.497 e. The van der Waals surface area contributed by atoms with Gasteiger partial charge in [-0.2, -0.15) is 0 Å². The fraction of sp³-hybridized carbons (Fsp3) is 0.188. The van der Waals surface area contributed by atoms with Crippen LogP contribution in [-0.4, -0.2) is 19.1 Å². The van der Waals surface area contributed by atoms with Crippen molar-refractivity contribution >= 4 is 34.2 Å². The summed E-state index contributed by atoms with van der Waals surface area (Å²) in [6, 6.07) is 14.7. The fourth-order valence-corrected chi connectivity index (χ4v) is 2.23. The molecule has 0 aliphatic heterocycles. The van der Waals surface area contributed by atoms with E-state index in [4.69, 9.17) is 9.47 Å². The van der Waals surface area contributed by atoms with Crippen LogP contribution in [-0.2, 0) is 4.79 Å². The van der Waals surface area contributed by atoms with E-state index >= 15 is 0 Å². The molecule has 5 heteroatoms. The SMILES string of the molecule is COc1ccc(OC(C)C(=O)Nc2ccccc2I)cc1. The maximum atomic E-state index is 12.1. The van der Waals surface area contributed by atoms with Crippen molar-refractivity contribution in [2.24, 2.45) is 0 Å². The lowest BCUT2D eigenvalue weighted by atomic mass is 10.3. The number of hydrogen-bond acceptors (Lipinski definition) is 3. The zero-order valence-electron chi connectivity index (χ0n) is 11.8. The molecule has 1 atom stereocenters. The third-order valence-electron chi connectivity index (χ3n) is 2.87. The minimum Gasteiger partial charge on any atom is -0.497 e. The van der Waals surface area contributed by atoms with Gasteiger partial charge in [0.25, 0.3) is 5.91 Å². The van der Waals surface area contributed by atoms with Gasteiger partial charge in [0.1, 0.15) is 11.5 Å². The summed E-state index contributed by atoms with van der Waals surface area (Å²) in [6.07, 6.45) is -0.589. The zero-order valence-corrected chi connectivity index (χ0v) is 14.0. The quantitative estimate of drug-likeness (QED) is 0.783. The first kappa shape index (κ1) is 15.6. The summed E-state index contributed by atoms with van der Waals surface area (Å²) < 4.78 is 11.7. The fourth-order valence-electron chi connectivity index (χ4n) is 1.71. The molecule has 0 fully saturated rings. The van der Waals surface area contributed by atoms with Gasteiger partial charge in [-0.05, 0) is 65.9 Å². The van der Waals surface area contributed by atoms with Crippen molar-refractivity contribution in [2.45, 2.75) is 13.0 Å². The molecule has 0 saturated heterocycles. The van der Waals surface area contributed by atoms with Crippen LogP contribution in [0.4, 0.5) is 5.69 Å². The number of anilines is 1. The second-order valence-electron chi connectivity index (χ2n) is 4.40. The Balaban J connectivity index is 1.97. The molecule has 0 heterocycles. The van der Waals surface area contributed by atoms with Crippen molar-refractivity contribution in [3.05, 3.63) is 52.1 Å². The van der Waals surface area contributed by atoms with Crippen molar-refractivity contribution in [3.63, 3.8) is 0 Å². The summed E-state index contributed by atoms with van der Waals surface area (Å²) in [4.78, 5) is 12.1. The normalized spacial score (nSPS) is 11.6. The first-order valence-electron chi connectivity index (χ1n) is 6.46. The average molecular weight is 397 g/mol. The van der Waals surface area contributed by atoms with Gasteiger partial charge in [-0.15, -0.1) is 0 Å². The number of ether oxygens (including phenoxy) is 2. The van der Waals surface area contributed by atoms with E-state index in [9.17, 15) is 4.79 Å². The van der Waals surface area contributed by atoms with Crippen LogP contribution in [0.2, 0.25) is 0 Å². The van der Waals surface area contributed by atoms with Gasteiger partial charge in [-0.25, -0.2) is 0 Å². The summed E-state index contributed by atoms with van der Waals surface area (Å²) in [7, 11) is 1.60. The second-order valence-corrected chi connectivity index (χ2v) is 5.57.